The molecule has 0 aliphatic rings. The van der Waals surface area contributed by atoms with Crippen LogP contribution in [-0.4, -0.2) is 22.9 Å². The molecule has 0 aliphatic carbocycles. The van der Waals surface area contributed by atoms with Gasteiger partial charge in [-0.3, -0.25) is 9.59 Å². The van der Waals surface area contributed by atoms with E-state index in [0.717, 1.165) is 10.9 Å². The van der Waals surface area contributed by atoms with E-state index in [-0.39, 0.29) is 24.6 Å². The maximum Gasteiger partial charge on any atom is 0.254 e. The fourth-order valence-corrected chi connectivity index (χ4v) is 3.81. The van der Waals surface area contributed by atoms with Gasteiger partial charge in [0.05, 0.1) is 13.7 Å². The molecular weight excluding hydrogens is 447 g/mol. The highest BCUT2D eigenvalue weighted by atomic mass is 35.5. The summed E-state index contributed by atoms with van der Waals surface area (Å²) in [7, 11) is 1.59. The van der Waals surface area contributed by atoms with E-state index in [1.165, 1.54) is 0 Å². The van der Waals surface area contributed by atoms with Crippen LogP contribution in [-0.2, 0) is 13.1 Å². The number of aromatic amines is 1. The predicted octanol–water partition coefficient (Wildman–Crippen LogP) is 5.69. The summed E-state index contributed by atoms with van der Waals surface area (Å²) in [5.41, 5.74) is 2.16. The summed E-state index contributed by atoms with van der Waals surface area (Å²) < 4.78 is 5.29. The van der Waals surface area contributed by atoms with Crippen molar-refractivity contribution in [3.63, 3.8) is 0 Å². The molecule has 4 rings (SSSR count). The lowest BCUT2D eigenvalue weighted by atomic mass is 10.1. The van der Waals surface area contributed by atoms with E-state index in [9.17, 15) is 9.59 Å². The highest BCUT2D eigenvalue weighted by molar-refractivity contribution is 6.31. The molecule has 7 heteroatoms. The molecule has 0 radical (unpaired) electrons. The maximum atomic E-state index is 13.4. The molecule has 3 aromatic carbocycles. The van der Waals surface area contributed by atoms with Crippen molar-refractivity contribution >= 4 is 40.0 Å². The van der Waals surface area contributed by atoms with E-state index >= 15 is 0 Å². The molecular formula is C25H20Cl2N2O3. The molecule has 0 fully saturated rings. The van der Waals surface area contributed by atoms with Crippen molar-refractivity contribution in [1.29, 1.82) is 0 Å². The van der Waals surface area contributed by atoms with E-state index in [1.54, 1.807) is 60.5 Å². The molecule has 1 aromatic heterocycles. The monoisotopic (exact) mass is 466 g/mol. The van der Waals surface area contributed by atoms with Crippen molar-refractivity contribution in [2.75, 3.05) is 7.11 Å². The lowest BCUT2D eigenvalue weighted by Gasteiger charge is -2.23. The van der Waals surface area contributed by atoms with Gasteiger partial charge in [0.2, 0.25) is 0 Å². The van der Waals surface area contributed by atoms with Crippen molar-refractivity contribution in [2.45, 2.75) is 13.1 Å². The first-order valence-electron chi connectivity index (χ1n) is 9.93. The third kappa shape index (κ3) is 4.79. The highest BCUT2D eigenvalue weighted by Gasteiger charge is 2.19. The fraction of sp³-hybridized carbons (Fsp3) is 0.120. The zero-order valence-corrected chi connectivity index (χ0v) is 18.8. The number of hydrogen-bond acceptors (Lipinski definition) is 3. The number of methoxy groups -OCH3 is 1. The third-order valence-corrected chi connectivity index (χ3v) is 5.81. The van der Waals surface area contributed by atoms with Crippen LogP contribution in [0.1, 0.15) is 21.5 Å². The summed E-state index contributed by atoms with van der Waals surface area (Å²) in [6.45, 7) is 0.353. The average Bonchev–Trinajstić information content (AvgIpc) is 2.80. The average molecular weight is 467 g/mol. The van der Waals surface area contributed by atoms with E-state index in [0.29, 0.717) is 32.4 Å². The first-order chi connectivity index (χ1) is 15.4. The Bertz CT molecular complexity index is 1330. The van der Waals surface area contributed by atoms with Gasteiger partial charge in [-0.1, -0.05) is 41.4 Å². The molecule has 4 aromatic rings. The molecule has 0 atom stereocenters. The van der Waals surface area contributed by atoms with Crippen LogP contribution in [0.2, 0.25) is 10.0 Å². The zero-order valence-electron chi connectivity index (χ0n) is 17.3. The van der Waals surface area contributed by atoms with Crippen LogP contribution in [0.3, 0.4) is 0 Å². The Hall–Kier alpha value is -3.28. The quantitative estimate of drug-likeness (QED) is 0.397. The second-order valence-electron chi connectivity index (χ2n) is 7.34. The van der Waals surface area contributed by atoms with Gasteiger partial charge < -0.3 is 14.6 Å². The number of halogens is 2. The standard InChI is InChI=1S/C25H20Cl2N2O3/c1-32-21-10-11-23-18(13-21)12-19(24(30)28-23)15-29(14-17-4-2-3-5-22(17)27)25(31)16-6-8-20(26)9-7-16/h2-13H,14-15H2,1H3,(H,28,30). The van der Waals surface area contributed by atoms with E-state index in [2.05, 4.69) is 4.98 Å². The minimum atomic E-state index is -0.254. The molecule has 1 amide bonds. The minimum absolute atomic E-state index is 0.106. The van der Waals surface area contributed by atoms with Crippen LogP contribution < -0.4 is 10.3 Å². The Morgan fingerprint density at radius 1 is 0.938 bits per heavy atom. The van der Waals surface area contributed by atoms with Crippen molar-refractivity contribution in [2.24, 2.45) is 0 Å². The molecule has 0 saturated carbocycles. The number of carbonyl (C=O) groups excluding carboxylic acids is 1. The SMILES string of the molecule is COc1ccc2[nH]c(=O)c(CN(Cc3ccccc3Cl)C(=O)c3ccc(Cl)cc3)cc2c1. The smallest absolute Gasteiger partial charge is 0.254 e. The number of carbonyl (C=O) groups is 1. The number of nitrogens with zero attached hydrogens (tertiary/aromatic N) is 1. The third-order valence-electron chi connectivity index (χ3n) is 5.19. The van der Waals surface area contributed by atoms with E-state index < -0.39 is 0 Å². The number of aromatic nitrogens is 1. The Morgan fingerprint density at radius 2 is 1.66 bits per heavy atom. The van der Waals surface area contributed by atoms with Crippen LogP contribution in [0.5, 0.6) is 5.75 Å². The van der Waals surface area contributed by atoms with Crippen LogP contribution in [0.15, 0.2) is 77.6 Å². The minimum Gasteiger partial charge on any atom is -0.497 e. The molecule has 162 valence electrons. The number of hydrogen-bond donors (Lipinski definition) is 1. The lowest BCUT2D eigenvalue weighted by molar-refractivity contribution is 0.0729. The van der Waals surface area contributed by atoms with Gasteiger partial charge in [0.25, 0.3) is 11.5 Å². The first-order valence-corrected chi connectivity index (χ1v) is 10.7. The maximum absolute atomic E-state index is 13.4. The molecule has 32 heavy (non-hydrogen) atoms. The predicted molar refractivity (Wildman–Crippen MR) is 128 cm³/mol. The largest absolute Gasteiger partial charge is 0.497 e. The first kappa shape index (κ1) is 21.9. The van der Waals surface area contributed by atoms with Crippen LogP contribution >= 0.6 is 23.2 Å². The van der Waals surface area contributed by atoms with Gasteiger partial charge in [0.15, 0.2) is 0 Å². The van der Waals surface area contributed by atoms with Crippen LogP contribution in [0.25, 0.3) is 10.9 Å². The van der Waals surface area contributed by atoms with Gasteiger partial charge in [-0.15, -0.1) is 0 Å². The number of benzene rings is 3. The number of pyridine rings is 1. The second kappa shape index (κ2) is 9.47. The molecule has 0 spiro atoms. The molecule has 1 heterocycles. The van der Waals surface area contributed by atoms with Crippen molar-refractivity contribution in [3.8, 4) is 5.75 Å². The molecule has 1 N–H and O–H groups in total. The second-order valence-corrected chi connectivity index (χ2v) is 8.18. The Balaban J connectivity index is 1.73. The Morgan fingerprint density at radius 3 is 2.38 bits per heavy atom. The van der Waals surface area contributed by atoms with Gasteiger partial charge in [-0.25, -0.2) is 0 Å². The van der Waals surface area contributed by atoms with Crippen molar-refractivity contribution < 1.29 is 9.53 Å². The highest BCUT2D eigenvalue weighted by Crippen LogP contribution is 2.22. The molecule has 0 saturated heterocycles. The summed E-state index contributed by atoms with van der Waals surface area (Å²) in [5.74, 6) is 0.451. The summed E-state index contributed by atoms with van der Waals surface area (Å²) in [6.07, 6.45) is 0. The Kier molecular flexibility index (Phi) is 6.49. The molecule has 0 unspecified atom stereocenters. The number of ether oxygens (including phenoxy) is 1. The lowest BCUT2D eigenvalue weighted by Crippen LogP contribution is -2.32. The normalized spacial score (nSPS) is 10.8. The van der Waals surface area contributed by atoms with Crippen molar-refractivity contribution in [3.05, 3.63) is 110 Å². The number of nitrogens with one attached hydrogen (secondary N) is 1. The topological polar surface area (TPSA) is 62.4 Å². The van der Waals surface area contributed by atoms with Gasteiger partial charge >= 0.3 is 0 Å². The number of H-pyrrole nitrogens is 1. The van der Waals surface area contributed by atoms with Crippen LogP contribution in [0.4, 0.5) is 0 Å². The summed E-state index contributed by atoms with van der Waals surface area (Å²) in [6, 6.07) is 21.2. The van der Waals surface area contributed by atoms with Gasteiger partial charge in [0, 0.05) is 38.6 Å². The number of amides is 1. The van der Waals surface area contributed by atoms with Gasteiger partial charge in [-0.05, 0) is 60.2 Å². The summed E-state index contributed by atoms with van der Waals surface area (Å²) >= 11 is 12.3. The van der Waals surface area contributed by atoms with Crippen molar-refractivity contribution in [1.82, 2.24) is 9.88 Å². The zero-order chi connectivity index (χ0) is 22.7. The van der Waals surface area contributed by atoms with Gasteiger partial charge in [-0.2, -0.15) is 0 Å². The number of rotatable bonds is 6. The summed E-state index contributed by atoms with van der Waals surface area (Å²) in [5, 5.41) is 1.91. The fourth-order valence-electron chi connectivity index (χ4n) is 3.49. The molecule has 0 aliphatic heterocycles. The van der Waals surface area contributed by atoms with E-state index in [4.69, 9.17) is 27.9 Å². The molecule has 5 nitrogen and oxygen atoms in total. The number of fused-ring (bicyclic) bond motifs is 1. The Labute approximate surface area is 195 Å². The summed E-state index contributed by atoms with van der Waals surface area (Å²) in [4.78, 5) is 30.6. The van der Waals surface area contributed by atoms with Gasteiger partial charge in [0.1, 0.15) is 5.75 Å². The van der Waals surface area contributed by atoms with E-state index in [1.807, 2.05) is 24.3 Å². The molecule has 0 bridgehead atoms. The van der Waals surface area contributed by atoms with Crippen LogP contribution in [0, 0.1) is 0 Å².